The van der Waals surface area contributed by atoms with E-state index in [1.54, 1.807) is 25.3 Å². The summed E-state index contributed by atoms with van der Waals surface area (Å²) in [7, 11) is 1.63. The summed E-state index contributed by atoms with van der Waals surface area (Å²) in [6.07, 6.45) is 9.56. The second-order valence-corrected chi connectivity index (χ2v) is 12.6. The molecule has 2 amide bonds. The predicted molar refractivity (Wildman–Crippen MR) is 171 cm³/mol. The quantitative estimate of drug-likeness (QED) is 0.255. The molecular weight excluding hydrogens is 572 g/mol. The number of hydrogen-bond donors (Lipinski definition) is 2. The van der Waals surface area contributed by atoms with Crippen molar-refractivity contribution in [1.29, 1.82) is 0 Å². The van der Waals surface area contributed by atoms with E-state index < -0.39 is 17.7 Å². The molecule has 1 aliphatic carbocycles. The third-order valence-electron chi connectivity index (χ3n) is 9.06. The molecule has 2 aliphatic rings. The van der Waals surface area contributed by atoms with Gasteiger partial charge in [-0.2, -0.15) is 0 Å². The fourth-order valence-electron chi connectivity index (χ4n) is 6.40. The Morgan fingerprint density at radius 2 is 1.82 bits per heavy atom. The van der Waals surface area contributed by atoms with E-state index >= 15 is 0 Å². The van der Waals surface area contributed by atoms with Crippen molar-refractivity contribution in [2.24, 2.45) is 5.92 Å². The number of halogens is 2. The Bertz CT molecular complexity index is 1580. The van der Waals surface area contributed by atoms with Crippen LogP contribution in [0.5, 0.6) is 0 Å². The Kier molecular flexibility index (Phi) is 10.0. The van der Waals surface area contributed by atoms with Crippen LogP contribution in [0, 0.1) is 36.8 Å². The van der Waals surface area contributed by atoms with E-state index in [9.17, 15) is 18.4 Å². The topological polar surface area (TPSA) is 70.7 Å². The van der Waals surface area contributed by atoms with Crippen LogP contribution in [-0.2, 0) is 16.7 Å². The molecule has 2 fully saturated rings. The van der Waals surface area contributed by atoms with Gasteiger partial charge in [0.05, 0.1) is 12.6 Å². The van der Waals surface area contributed by atoms with E-state index in [4.69, 9.17) is 11.2 Å². The highest BCUT2D eigenvalue weighted by Crippen LogP contribution is 2.45. The van der Waals surface area contributed by atoms with Crippen LogP contribution in [0.25, 0.3) is 0 Å². The Morgan fingerprint density at radius 3 is 2.51 bits per heavy atom. The second-order valence-electron chi connectivity index (χ2n) is 12.6. The van der Waals surface area contributed by atoms with Gasteiger partial charge in [0.15, 0.2) is 0 Å². The highest BCUT2D eigenvalue weighted by Gasteiger charge is 2.44. The zero-order chi connectivity index (χ0) is 32.1. The molecular formula is C37H41F2N3O3. The molecule has 3 atom stereocenters. The predicted octanol–water partition coefficient (Wildman–Crippen LogP) is 5.76. The van der Waals surface area contributed by atoms with Crippen molar-refractivity contribution in [2.45, 2.75) is 63.6 Å². The lowest BCUT2D eigenvalue weighted by Crippen LogP contribution is -2.46. The number of nitrogens with zero attached hydrogens (tertiary/aromatic N) is 1. The van der Waals surface area contributed by atoms with Gasteiger partial charge in [-0.1, -0.05) is 25.0 Å². The van der Waals surface area contributed by atoms with Crippen molar-refractivity contribution in [3.05, 3.63) is 106 Å². The summed E-state index contributed by atoms with van der Waals surface area (Å²) in [6, 6.07) is 16.1. The van der Waals surface area contributed by atoms with Crippen LogP contribution in [-0.4, -0.2) is 55.6 Å². The Balaban J connectivity index is 1.35. The van der Waals surface area contributed by atoms with Crippen molar-refractivity contribution in [3.63, 3.8) is 0 Å². The summed E-state index contributed by atoms with van der Waals surface area (Å²) in [6.45, 7) is 5.53. The smallest absolute Gasteiger partial charge is 0.254 e. The second kappa shape index (κ2) is 13.9. The summed E-state index contributed by atoms with van der Waals surface area (Å²) in [5.74, 6) is 0.781. The number of carbonyl (C=O) groups excluding carboxylic acids is 2. The fourth-order valence-corrected chi connectivity index (χ4v) is 6.40. The number of aryl methyl sites for hydroxylation is 1. The number of likely N-dealkylation sites (tertiary alicyclic amines) is 1. The Morgan fingerprint density at radius 1 is 1.09 bits per heavy atom. The maximum absolute atomic E-state index is 14.1. The number of ether oxygens (including phenoxy) is 1. The van der Waals surface area contributed by atoms with Crippen LogP contribution in [0.15, 0.2) is 60.7 Å². The highest BCUT2D eigenvalue weighted by atomic mass is 19.1. The Hall–Kier alpha value is -4.06. The van der Waals surface area contributed by atoms with Crippen molar-refractivity contribution < 1.29 is 23.1 Å². The van der Waals surface area contributed by atoms with Gasteiger partial charge in [0, 0.05) is 54.5 Å². The summed E-state index contributed by atoms with van der Waals surface area (Å²) < 4.78 is 33.6. The van der Waals surface area contributed by atoms with Gasteiger partial charge in [0.25, 0.3) is 11.8 Å². The van der Waals surface area contributed by atoms with E-state index in [-0.39, 0.29) is 35.7 Å². The van der Waals surface area contributed by atoms with E-state index in [0.29, 0.717) is 36.4 Å². The van der Waals surface area contributed by atoms with Gasteiger partial charge in [0.1, 0.15) is 11.6 Å². The first-order valence-electron chi connectivity index (χ1n) is 15.6. The van der Waals surface area contributed by atoms with Crippen LogP contribution in [0.2, 0.25) is 0 Å². The number of terminal acetylenes is 1. The molecule has 2 N–H and O–H groups in total. The van der Waals surface area contributed by atoms with Crippen LogP contribution >= 0.6 is 0 Å². The van der Waals surface area contributed by atoms with Crippen LogP contribution in [0.1, 0.15) is 75.6 Å². The maximum Gasteiger partial charge on any atom is 0.254 e. The lowest BCUT2D eigenvalue weighted by molar-refractivity contribution is 0.0630. The largest absolute Gasteiger partial charge is 0.383 e. The minimum atomic E-state index is -0.665. The van der Waals surface area contributed by atoms with Crippen LogP contribution in [0.3, 0.4) is 0 Å². The van der Waals surface area contributed by atoms with Gasteiger partial charge in [-0.15, -0.1) is 6.42 Å². The van der Waals surface area contributed by atoms with Gasteiger partial charge in [0.2, 0.25) is 0 Å². The monoisotopic (exact) mass is 613 g/mol. The van der Waals surface area contributed by atoms with Crippen LogP contribution < -0.4 is 10.6 Å². The van der Waals surface area contributed by atoms with Crippen molar-refractivity contribution in [1.82, 2.24) is 15.5 Å². The molecule has 0 spiro atoms. The fraction of sp³-hybridized carbons (Fsp3) is 0.405. The zero-order valence-electron chi connectivity index (χ0n) is 26.2. The molecule has 5 rings (SSSR count). The lowest BCUT2D eigenvalue weighted by atomic mass is 9.93. The van der Waals surface area contributed by atoms with E-state index in [2.05, 4.69) is 22.6 Å². The van der Waals surface area contributed by atoms with E-state index in [1.807, 2.05) is 36.9 Å². The molecule has 8 heteroatoms. The molecule has 45 heavy (non-hydrogen) atoms. The molecule has 0 unspecified atom stereocenters. The number of hydrogen-bond acceptors (Lipinski definition) is 4. The normalized spacial score (nSPS) is 18.2. The first kappa shape index (κ1) is 32.3. The van der Waals surface area contributed by atoms with Crippen molar-refractivity contribution in [2.75, 3.05) is 26.8 Å². The average molecular weight is 614 g/mol. The Labute approximate surface area is 264 Å². The number of rotatable bonds is 12. The van der Waals surface area contributed by atoms with Crippen molar-refractivity contribution in [3.8, 4) is 12.3 Å². The number of benzene rings is 3. The maximum atomic E-state index is 14.1. The van der Waals surface area contributed by atoms with Gasteiger partial charge in [-0.05, 0) is 104 Å². The van der Waals surface area contributed by atoms with Gasteiger partial charge < -0.3 is 20.3 Å². The summed E-state index contributed by atoms with van der Waals surface area (Å²) >= 11 is 0. The molecule has 1 saturated heterocycles. The third kappa shape index (κ3) is 7.78. The first-order chi connectivity index (χ1) is 21.6. The summed E-state index contributed by atoms with van der Waals surface area (Å²) in [5.41, 5.74) is 3.81. The van der Waals surface area contributed by atoms with Crippen molar-refractivity contribution >= 4 is 11.8 Å². The summed E-state index contributed by atoms with van der Waals surface area (Å²) in [4.78, 5) is 29.1. The third-order valence-corrected chi connectivity index (χ3v) is 9.06. The van der Waals surface area contributed by atoms with Crippen LogP contribution in [0.4, 0.5) is 8.78 Å². The molecule has 236 valence electrons. The SMILES string of the molecule is C#Cc1cccc(C2(NC[C@@H](C)[C@H](Cc3cc(F)cc(F)c3)NC(=O)c3cc(C)cc(C(=O)N4CCC[C@@H]4COC)c3)CC2)c1. The standard InChI is InChI=1S/C37H41F2N3O3/c1-5-26-8-6-9-30(16-26)37(11-12-37)40-22-25(3)34(19-27-17-31(38)21-32(39)18-27)41-35(43)28-14-24(2)15-29(20-28)36(44)42-13-7-10-33(42)23-45-4/h1,6,8-9,14-18,20-21,25,33-34,40H,7,10-13,19,22-23H2,2-4H3,(H,41,43)/t25-,33-,34+/m1/s1. The average Bonchev–Trinajstić information content (AvgIpc) is 3.68. The lowest BCUT2D eigenvalue weighted by Gasteiger charge is -2.29. The molecule has 1 saturated carbocycles. The van der Waals surface area contributed by atoms with Gasteiger partial charge >= 0.3 is 0 Å². The zero-order valence-corrected chi connectivity index (χ0v) is 26.2. The number of amides is 2. The minimum absolute atomic E-state index is 0.00786. The molecule has 1 heterocycles. The molecule has 0 aromatic heterocycles. The number of nitrogens with one attached hydrogen (secondary N) is 2. The number of methoxy groups -OCH3 is 1. The van der Waals surface area contributed by atoms with Gasteiger partial charge in [-0.25, -0.2) is 8.78 Å². The van der Waals surface area contributed by atoms with Gasteiger partial charge in [-0.3, -0.25) is 9.59 Å². The molecule has 3 aromatic rings. The highest BCUT2D eigenvalue weighted by molar-refractivity contribution is 6.00. The first-order valence-corrected chi connectivity index (χ1v) is 15.6. The van der Waals surface area contributed by atoms with E-state index in [1.165, 1.54) is 12.1 Å². The minimum Gasteiger partial charge on any atom is -0.383 e. The molecule has 3 aromatic carbocycles. The molecule has 0 bridgehead atoms. The molecule has 0 radical (unpaired) electrons. The summed E-state index contributed by atoms with van der Waals surface area (Å²) in [5, 5.41) is 6.82. The molecule has 1 aliphatic heterocycles. The van der Waals surface area contributed by atoms with E-state index in [0.717, 1.165) is 48.4 Å². The number of carbonyl (C=O) groups is 2. The molecule has 6 nitrogen and oxygen atoms in total.